The van der Waals surface area contributed by atoms with Crippen LogP contribution in [-0.4, -0.2) is 22.4 Å². The Morgan fingerprint density at radius 3 is 2.35 bits per heavy atom. The van der Waals surface area contributed by atoms with Crippen LogP contribution in [0, 0.1) is 0 Å². The number of aromatic nitrogens is 1. The number of anilines is 1. The van der Waals surface area contributed by atoms with Gasteiger partial charge in [-0.2, -0.15) is 0 Å². The van der Waals surface area contributed by atoms with Gasteiger partial charge in [-0.15, -0.1) is 0 Å². The van der Waals surface area contributed by atoms with Crippen molar-refractivity contribution in [2.24, 2.45) is 7.05 Å². The van der Waals surface area contributed by atoms with Crippen LogP contribution in [0.3, 0.4) is 0 Å². The molecule has 1 fully saturated rings. The summed E-state index contributed by atoms with van der Waals surface area (Å²) in [6.45, 7) is 0. The minimum atomic E-state index is -0.363. The van der Waals surface area contributed by atoms with E-state index in [1.165, 1.54) is 10.6 Å². The maximum Gasteiger partial charge on any atom is 0.255 e. The summed E-state index contributed by atoms with van der Waals surface area (Å²) in [4.78, 5) is 35.5. The lowest BCUT2D eigenvalue weighted by molar-refractivity contribution is 0.0950. The Hall–Kier alpha value is -2.89. The Labute approximate surface area is 133 Å². The van der Waals surface area contributed by atoms with Crippen molar-refractivity contribution in [2.45, 2.75) is 18.9 Å². The van der Waals surface area contributed by atoms with Crippen LogP contribution in [-0.2, 0) is 7.05 Å². The molecule has 1 aliphatic rings. The molecule has 0 unspecified atom stereocenters. The van der Waals surface area contributed by atoms with Crippen LogP contribution in [0.4, 0.5) is 5.69 Å². The van der Waals surface area contributed by atoms with Gasteiger partial charge in [0.1, 0.15) is 0 Å². The Balaban J connectivity index is 1.67. The summed E-state index contributed by atoms with van der Waals surface area (Å²) in [5, 5.41) is 5.61. The van der Waals surface area contributed by atoms with Crippen molar-refractivity contribution >= 4 is 17.5 Å². The molecule has 0 saturated heterocycles. The minimum absolute atomic E-state index is 0.100. The van der Waals surface area contributed by atoms with E-state index in [9.17, 15) is 14.4 Å². The van der Waals surface area contributed by atoms with Crippen LogP contribution in [0.15, 0.2) is 47.4 Å². The topological polar surface area (TPSA) is 80.2 Å². The highest BCUT2D eigenvalue weighted by Crippen LogP contribution is 2.19. The Morgan fingerprint density at radius 1 is 1.04 bits per heavy atom. The van der Waals surface area contributed by atoms with Crippen molar-refractivity contribution in [3.63, 3.8) is 0 Å². The Kier molecular flexibility index (Phi) is 3.97. The summed E-state index contributed by atoms with van der Waals surface area (Å²) >= 11 is 0. The smallest absolute Gasteiger partial charge is 0.255 e. The predicted octanol–water partition coefficient (Wildman–Crippen LogP) is 1.53. The second-order valence-electron chi connectivity index (χ2n) is 5.64. The molecule has 1 aliphatic carbocycles. The van der Waals surface area contributed by atoms with Crippen molar-refractivity contribution in [1.29, 1.82) is 0 Å². The Bertz CT molecular complexity index is 805. The van der Waals surface area contributed by atoms with Gasteiger partial charge in [0.15, 0.2) is 0 Å². The summed E-state index contributed by atoms with van der Waals surface area (Å²) < 4.78 is 1.39. The summed E-state index contributed by atoms with van der Waals surface area (Å²) in [5.41, 5.74) is 1.18. The molecular formula is C17H17N3O3. The fraction of sp³-hybridized carbons (Fsp3) is 0.235. The molecule has 2 N–H and O–H groups in total. The van der Waals surface area contributed by atoms with Gasteiger partial charge in [0.2, 0.25) is 0 Å². The van der Waals surface area contributed by atoms with Crippen molar-refractivity contribution in [1.82, 2.24) is 9.88 Å². The lowest BCUT2D eigenvalue weighted by atomic mass is 10.2. The molecule has 3 rings (SSSR count). The molecule has 0 bridgehead atoms. The van der Waals surface area contributed by atoms with Crippen LogP contribution < -0.4 is 16.2 Å². The molecule has 1 heterocycles. The molecule has 1 aromatic heterocycles. The number of amides is 2. The van der Waals surface area contributed by atoms with Crippen molar-refractivity contribution in [2.75, 3.05) is 5.32 Å². The third-order valence-corrected chi connectivity index (χ3v) is 3.68. The van der Waals surface area contributed by atoms with Crippen LogP contribution in [0.2, 0.25) is 0 Å². The summed E-state index contributed by atoms with van der Waals surface area (Å²) in [6, 6.07) is 9.83. The monoisotopic (exact) mass is 311 g/mol. The summed E-state index contributed by atoms with van der Waals surface area (Å²) in [6.07, 6.45) is 3.62. The number of carbonyl (C=O) groups is 2. The van der Waals surface area contributed by atoms with E-state index in [2.05, 4.69) is 10.6 Å². The van der Waals surface area contributed by atoms with E-state index in [0.717, 1.165) is 12.8 Å². The van der Waals surface area contributed by atoms with Gasteiger partial charge in [-0.3, -0.25) is 14.4 Å². The minimum Gasteiger partial charge on any atom is -0.349 e. The van der Waals surface area contributed by atoms with Gasteiger partial charge in [0, 0.05) is 42.2 Å². The van der Waals surface area contributed by atoms with Crippen LogP contribution >= 0.6 is 0 Å². The first kappa shape index (κ1) is 15.0. The normalized spacial score (nSPS) is 13.4. The fourth-order valence-corrected chi connectivity index (χ4v) is 2.09. The van der Waals surface area contributed by atoms with Crippen molar-refractivity contribution in [3.8, 4) is 0 Å². The molecule has 6 heteroatoms. The second-order valence-corrected chi connectivity index (χ2v) is 5.64. The van der Waals surface area contributed by atoms with Crippen LogP contribution in [0.1, 0.15) is 33.6 Å². The number of pyridine rings is 1. The molecule has 0 atom stereocenters. The first-order valence-electron chi connectivity index (χ1n) is 7.42. The van der Waals surface area contributed by atoms with Gasteiger partial charge in [-0.25, -0.2) is 0 Å². The molecule has 118 valence electrons. The molecule has 1 saturated carbocycles. The van der Waals surface area contributed by atoms with Gasteiger partial charge >= 0.3 is 0 Å². The number of hydrogen-bond acceptors (Lipinski definition) is 3. The SMILES string of the molecule is Cn1ccc(C(=O)Nc2ccc(C(=O)NC3CC3)cc2)cc1=O. The lowest BCUT2D eigenvalue weighted by Crippen LogP contribution is -2.25. The molecule has 0 spiro atoms. The standard InChI is InChI=1S/C17H17N3O3/c1-20-9-8-12(10-15(20)21)17(23)19-13-4-2-11(3-5-13)16(22)18-14-6-7-14/h2-5,8-10,14H,6-7H2,1H3,(H,18,22)(H,19,23). The summed E-state index contributed by atoms with van der Waals surface area (Å²) in [7, 11) is 1.62. The number of nitrogens with one attached hydrogen (secondary N) is 2. The zero-order valence-corrected chi connectivity index (χ0v) is 12.7. The Morgan fingerprint density at radius 2 is 1.74 bits per heavy atom. The van der Waals surface area contributed by atoms with Crippen molar-refractivity contribution < 1.29 is 9.59 Å². The van der Waals surface area contributed by atoms with Crippen molar-refractivity contribution in [3.05, 3.63) is 64.1 Å². The number of rotatable bonds is 4. The number of hydrogen-bond donors (Lipinski definition) is 2. The molecule has 1 aromatic carbocycles. The number of carbonyl (C=O) groups excluding carboxylic acids is 2. The number of benzene rings is 1. The van der Waals surface area contributed by atoms with Gasteiger partial charge in [0.05, 0.1) is 0 Å². The molecule has 0 radical (unpaired) electrons. The van der Waals surface area contributed by atoms with E-state index in [1.807, 2.05) is 0 Å². The molecule has 6 nitrogen and oxygen atoms in total. The molecule has 2 amide bonds. The van der Waals surface area contributed by atoms with E-state index in [1.54, 1.807) is 43.6 Å². The lowest BCUT2D eigenvalue weighted by Gasteiger charge is -2.07. The maximum atomic E-state index is 12.1. The zero-order chi connectivity index (χ0) is 16.4. The van der Waals surface area contributed by atoms with Crippen LogP contribution in [0.5, 0.6) is 0 Å². The third-order valence-electron chi connectivity index (χ3n) is 3.68. The van der Waals surface area contributed by atoms with E-state index in [0.29, 0.717) is 22.9 Å². The van der Waals surface area contributed by atoms with E-state index >= 15 is 0 Å². The second kappa shape index (κ2) is 6.08. The van der Waals surface area contributed by atoms with Gasteiger partial charge < -0.3 is 15.2 Å². The number of aryl methyl sites for hydroxylation is 1. The summed E-state index contributed by atoms with van der Waals surface area (Å²) in [5.74, 6) is -0.463. The van der Waals surface area contributed by atoms with Gasteiger partial charge in [-0.05, 0) is 43.2 Å². The largest absolute Gasteiger partial charge is 0.349 e. The quantitative estimate of drug-likeness (QED) is 0.898. The molecule has 23 heavy (non-hydrogen) atoms. The molecule has 0 aliphatic heterocycles. The van der Waals surface area contributed by atoms with Gasteiger partial charge in [-0.1, -0.05) is 0 Å². The molecule has 2 aromatic rings. The fourth-order valence-electron chi connectivity index (χ4n) is 2.09. The average Bonchev–Trinajstić information content (AvgIpc) is 3.34. The van der Waals surface area contributed by atoms with E-state index in [4.69, 9.17) is 0 Å². The average molecular weight is 311 g/mol. The third kappa shape index (κ3) is 3.66. The highest BCUT2D eigenvalue weighted by molar-refractivity contribution is 6.04. The zero-order valence-electron chi connectivity index (χ0n) is 12.7. The van der Waals surface area contributed by atoms with Crippen LogP contribution in [0.25, 0.3) is 0 Å². The van der Waals surface area contributed by atoms with Gasteiger partial charge in [0.25, 0.3) is 17.4 Å². The first-order chi connectivity index (χ1) is 11.0. The van der Waals surface area contributed by atoms with E-state index < -0.39 is 0 Å². The predicted molar refractivity (Wildman–Crippen MR) is 86.6 cm³/mol. The number of nitrogens with zero attached hydrogens (tertiary/aromatic N) is 1. The van der Waals surface area contributed by atoms with E-state index in [-0.39, 0.29) is 17.4 Å². The first-order valence-corrected chi connectivity index (χ1v) is 7.42. The maximum absolute atomic E-state index is 12.1. The highest BCUT2D eigenvalue weighted by atomic mass is 16.2. The highest BCUT2D eigenvalue weighted by Gasteiger charge is 2.23. The molecular weight excluding hydrogens is 294 g/mol.